The summed E-state index contributed by atoms with van der Waals surface area (Å²) >= 11 is 0. The van der Waals surface area contributed by atoms with Gasteiger partial charge >= 0.3 is 0 Å². The third-order valence-electron chi connectivity index (χ3n) is 4.94. The Kier molecular flexibility index (Phi) is 4.06. The number of aliphatic hydroxyl groups is 1. The highest BCUT2D eigenvalue weighted by Crippen LogP contribution is 2.39. The van der Waals surface area contributed by atoms with Crippen LogP contribution in [0.1, 0.15) is 53.5 Å². The van der Waals surface area contributed by atoms with Gasteiger partial charge in [-0.3, -0.25) is 9.78 Å². The van der Waals surface area contributed by atoms with E-state index in [1.54, 1.807) is 12.3 Å². The van der Waals surface area contributed by atoms with Crippen LogP contribution in [-0.4, -0.2) is 33.3 Å². The predicted octanol–water partition coefficient (Wildman–Crippen LogP) is 2.06. The number of nitrogens with zero attached hydrogens (tertiary/aromatic N) is 2. The molecule has 2 saturated carbocycles. The second kappa shape index (κ2) is 6.36. The lowest BCUT2D eigenvalue weighted by Gasteiger charge is -2.37. The molecule has 0 bridgehead atoms. The van der Waals surface area contributed by atoms with E-state index in [2.05, 4.69) is 15.5 Å². The van der Waals surface area contributed by atoms with Crippen molar-refractivity contribution in [3.05, 3.63) is 47.6 Å². The van der Waals surface area contributed by atoms with Gasteiger partial charge in [0.15, 0.2) is 0 Å². The van der Waals surface area contributed by atoms with E-state index in [1.165, 1.54) is 0 Å². The first kappa shape index (κ1) is 15.3. The van der Waals surface area contributed by atoms with Crippen LogP contribution in [0.5, 0.6) is 0 Å². The largest absolute Gasteiger partial charge is 0.393 e. The summed E-state index contributed by atoms with van der Waals surface area (Å²) in [4.78, 5) is 16.8. The van der Waals surface area contributed by atoms with Crippen molar-refractivity contribution < 1.29 is 14.4 Å². The monoisotopic (exact) mass is 327 g/mol. The zero-order chi connectivity index (χ0) is 16.5. The lowest BCUT2D eigenvalue weighted by Crippen LogP contribution is -2.48. The lowest BCUT2D eigenvalue weighted by atomic mass is 9.76. The SMILES string of the molecule is O=C(N[C@H](Cc1ccccn1)C1CC(O)C1)c1cc(C2CC2)no1. The highest BCUT2D eigenvalue weighted by molar-refractivity contribution is 5.91. The molecule has 6 nitrogen and oxygen atoms in total. The quantitative estimate of drug-likeness (QED) is 0.848. The van der Waals surface area contributed by atoms with Crippen molar-refractivity contribution in [2.24, 2.45) is 5.92 Å². The number of aromatic nitrogens is 2. The number of aliphatic hydroxyl groups excluding tert-OH is 1. The fourth-order valence-corrected chi connectivity index (χ4v) is 3.25. The third kappa shape index (κ3) is 3.33. The number of rotatable bonds is 6. The summed E-state index contributed by atoms with van der Waals surface area (Å²) in [5.74, 6) is 0.748. The maximum Gasteiger partial charge on any atom is 0.290 e. The van der Waals surface area contributed by atoms with Crippen molar-refractivity contribution in [3.8, 4) is 0 Å². The fourth-order valence-electron chi connectivity index (χ4n) is 3.25. The van der Waals surface area contributed by atoms with E-state index in [-0.39, 0.29) is 29.7 Å². The van der Waals surface area contributed by atoms with E-state index in [0.29, 0.717) is 25.2 Å². The number of pyridine rings is 1. The Morgan fingerprint density at radius 2 is 2.21 bits per heavy atom. The van der Waals surface area contributed by atoms with Crippen LogP contribution in [0.25, 0.3) is 0 Å². The summed E-state index contributed by atoms with van der Waals surface area (Å²) in [7, 11) is 0. The maximum absolute atomic E-state index is 12.5. The van der Waals surface area contributed by atoms with E-state index in [0.717, 1.165) is 24.2 Å². The summed E-state index contributed by atoms with van der Waals surface area (Å²) in [6.07, 6.45) is 5.80. The molecule has 126 valence electrons. The summed E-state index contributed by atoms with van der Waals surface area (Å²) in [5, 5.41) is 16.6. The number of hydrogen-bond donors (Lipinski definition) is 2. The number of carbonyl (C=O) groups is 1. The highest BCUT2D eigenvalue weighted by atomic mass is 16.5. The third-order valence-corrected chi connectivity index (χ3v) is 4.94. The topological polar surface area (TPSA) is 88.2 Å². The van der Waals surface area contributed by atoms with Crippen LogP contribution >= 0.6 is 0 Å². The molecule has 1 atom stereocenters. The second-order valence-electron chi connectivity index (χ2n) is 6.88. The van der Waals surface area contributed by atoms with E-state index in [4.69, 9.17) is 4.52 Å². The Hall–Kier alpha value is -2.21. The van der Waals surface area contributed by atoms with Crippen molar-refractivity contribution in [2.75, 3.05) is 0 Å². The molecule has 0 aliphatic heterocycles. The first-order chi connectivity index (χ1) is 11.7. The average molecular weight is 327 g/mol. The molecular weight excluding hydrogens is 306 g/mol. The van der Waals surface area contributed by atoms with E-state index >= 15 is 0 Å². The molecule has 2 aromatic heterocycles. The van der Waals surface area contributed by atoms with Gasteiger partial charge in [0.25, 0.3) is 5.91 Å². The predicted molar refractivity (Wildman–Crippen MR) is 86.4 cm³/mol. The number of nitrogens with one attached hydrogen (secondary N) is 1. The normalized spacial score (nSPS) is 24.2. The van der Waals surface area contributed by atoms with Crippen molar-refractivity contribution in [2.45, 2.75) is 50.2 Å². The van der Waals surface area contributed by atoms with Crippen LogP contribution in [0.2, 0.25) is 0 Å². The van der Waals surface area contributed by atoms with E-state index < -0.39 is 0 Å². The van der Waals surface area contributed by atoms with Crippen LogP contribution in [0.3, 0.4) is 0 Å². The smallest absolute Gasteiger partial charge is 0.290 e. The van der Waals surface area contributed by atoms with Gasteiger partial charge in [-0.2, -0.15) is 0 Å². The second-order valence-corrected chi connectivity index (χ2v) is 6.88. The molecular formula is C18H21N3O3. The minimum atomic E-state index is -0.259. The van der Waals surface area contributed by atoms with Crippen LogP contribution < -0.4 is 5.32 Å². The molecule has 0 aromatic carbocycles. The Morgan fingerprint density at radius 1 is 1.38 bits per heavy atom. The van der Waals surface area contributed by atoms with Gasteiger partial charge in [-0.15, -0.1) is 0 Å². The summed E-state index contributed by atoms with van der Waals surface area (Å²) in [6, 6.07) is 7.45. The van der Waals surface area contributed by atoms with Gasteiger partial charge in [0.05, 0.1) is 11.8 Å². The van der Waals surface area contributed by atoms with E-state index in [9.17, 15) is 9.90 Å². The number of amides is 1. The van der Waals surface area contributed by atoms with Crippen LogP contribution in [0, 0.1) is 5.92 Å². The lowest BCUT2D eigenvalue weighted by molar-refractivity contribution is 0.0234. The van der Waals surface area contributed by atoms with Gasteiger partial charge in [-0.1, -0.05) is 11.2 Å². The Labute approximate surface area is 140 Å². The van der Waals surface area contributed by atoms with Crippen LogP contribution in [0.15, 0.2) is 35.0 Å². The van der Waals surface area contributed by atoms with Crippen molar-refractivity contribution >= 4 is 5.91 Å². The molecule has 2 aromatic rings. The van der Waals surface area contributed by atoms with E-state index in [1.807, 2.05) is 18.2 Å². The molecule has 0 unspecified atom stereocenters. The minimum absolute atomic E-state index is 0.0646. The molecule has 24 heavy (non-hydrogen) atoms. The van der Waals surface area contributed by atoms with Crippen LogP contribution in [0.4, 0.5) is 0 Å². The molecule has 2 fully saturated rings. The van der Waals surface area contributed by atoms with Crippen molar-refractivity contribution in [1.82, 2.24) is 15.5 Å². The van der Waals surface area contributed by atoms with Crippen LogP contribution in [-0.2, 0) is 6.42 Å². The molecule has 1 amide bonds. The summed E-state index contributed by atoms with van der Waals surface area (Å²) in [5.41, 5.74) is 1.81. The maximum atomic E-state index is 12.5. The Bertz CT molecular complexity index is 705. The van der Waals surface area contributed by atoms with Gasteiger partial charge in [0, 0.05) is 36.3 Å². The first-order valence-electron chi connectivity index (χ1n) is 8.54. The molecule has 2 N–H and O–H groups in total. The minimum Gasteiger partial charge on any atom is -0.393 e. The number of hydrogen-bond acceptors (Lipinski definition) is 5. The van der Waals surface area contributed by atoms with Gasteiger partial charge in [0.1, 0.15) is 0 Å². The Morgan fingerprint density at radius 3 is 2.88 bits per heavy atom. The molecule has 0 saturated heterocycles. The number of carbonyl (C=O) groups excluding carboxylic acids is 1. The van der Waals surface area contributed by atoms with Crippen molar-refractivity contribution in [3.63, 3.8) is 0 Å². The molecule has 2 heterocycles. The fraction of sp³-hybridized carbons (Fsp3) is 0.500. The Balaban J connectivity index is 1.44. The molecule has 4 rings (SSSR count). The molecule has 6 heteroatoms. The summed E-state index contributed by atoms with van der Waals surface area (Å²) < 4.78 is 5.20. The average Bonchev–Trinajstić information content (AvgIpc) is 3.29. The molecule has 0 spiro atoms. The van der Waals surface area contributed by atoms with Gasteiger partial charge in [-0.05, 0) is 43.7 Å². The molecule has 2 aliphatic carbocycles. The van der Waals surface area contributed by atoms with Gasteiger partial charge < -0.3 is 14.9 Å². The highest BCUT2D eigenvalue weighted by Gasteiger charge is 2.36. The summed E-state index contributed by atoms with van der Waals surface area (Å²) in [6.45, 7) is 0. The zero-order valence-corrected chi connectivity index (χ0v) is 13.4. The molecule has 2 aliphatic rings. The zero-order valence-electron chi connectivity index (χ0n) is 13.4. The standard InChI is InChI=1S/C18H21N3O3/c22-14-7-12(8-14)15(9-13-3-1-2-6-19-13)20-18(23)17-10-16(21-24-17)11-4-5-11/h1-3,6,10-12,14-15,22H,4-5,7-9H2,(H,20,23)/t12?,14?,15-/m1/s1. The molecule has 0 radical (unpaired) electrons. The van der Waals surface area contributed by atoms with Gasteiger partial charge in [-0.25, -0.2) is 0 Å². The van der Waals surface area contributed by atoms with Gasteiger partial charge in [0.2, 0.25) is 5.76 Å². The van der Waals surface area contributed by atoms with Crippen molar-refractivity contribution in [1.29, 1.82) is 0 Å². The first-order valence-corrected chi connectivity index (χ1v) is 8.54.